The van der Waals surface area contributed by atoms with Gasteiger partial charge in [-0.15, -0.1) is 0 Å². The fourth-order valence-electron chi connectivity index (χ4n) is 3.88. The average molecular weight is 450 g/mol. The third-order valence-corrected chi connectivity index (χ3v) is 5.43. The number of carboxylic acids is 1. The molecule has 1 unspecified atom stereocenters. The third-order valence-electron chi connectivity index (χ3n) is 5.43. The Balaban J connectivity index is 1.39. The van der Waals surface area contributed by atoms with E-state index in [9.17, 15) is 14.4 Å². The Morgan fingerprint density at radius 1 is 1.06 bits per heavy atom. The third kappa shape index (κ3) is 5.17. The van der Waals surface area contributed by atoms with Crippen LogP contribution in [0.2, 0.25) is 0 Å². The summed E-state index contributed by atoms with van der Waals surface area (Å²) in [5.41, 5.74) is 4.32. The summed E-state index contributed by atoms with van der Waals surface area (Å²) in [6.45, 7) is 0.0568. The Bertz CT molecular complexity index is 1100. The second kappa shape index (κ2) is 9.94. The van der Waals surface area contributed by atoms with E-state index in [1.165, 1.54) is 0 Å². The van der Waals surface area contributed by atoms with Gasteiger partial charge in [-0.2, -0.15) is 4.98 Å². The van der Waals surface area contributed by atoms with Gasteiger partial charge in [0.25, 0.3) is 0 Å². The number of nitrogens with zero attached hydrogens (tertiary/aromatic N) is 2. The van der Waals surface area contributed by atoms with Gasteiger partial charge in [-0.1, -0.05) is 53.7 Å². The van der Waals surface area contributed by atoms with Gasteiger partial charge in [-0.25, -0.2) is 4.79 Å². The molecule has 3 N–H and O–H groups in total. The van der Waals surface area contributed by atoms with Gasteiger partial charge in [0.15, 0.2) is 5.82 Å². The standard InChI is InChI=1S/C23H22N4O6/c28-21(29)10-9-19(22(30)24-11-20-25-13-33-27-20)26-23(31)32-12-18-16-7-3-1-5-14(16)15-6-2-4-8-17(15)18/h1-8,13,18-19H,9-12H2,(H,24,30)(H,26,31)(H,28,29). The zero-order valence-corrected chi connectivity index (χ0v) is 17.6. The molecule has 170 valence electrons. The van der Waals surface area contributed by atoms with Crippen LogP contribution in [0.15, 0.2) is 59.4 Å². The summed E-state index contributed by atoms with van der Waals surface area (Å²) in [4.78, 5) is 39.8. The van der Waals surface area contributed by atoms with Crippen molar-refractivity contribution in [1.29, 1.82) is 0 Å². The van der Waals surface area contributed by atoms with E-state index in [1.807, 2.05) is 48.5 Å². The Labute approximate surface area is 189 Å². The van der Waals surface area contributed by atoms with Crippen molar-refractivity contribution in [2.45, 2.75) is 31.3 Å². The molecule has 33 heavy (non-hydrogen) atoms. The first kappa shape index (κ1) is 22.0. The summed E-state index contributed by atoms with van der Waals surface area (Å²) in [5, 5.41) is 17.6. The Morgan fingerprint density at radius 3 is 2.33 bits per heavy atom. The Hall–Kier alpha value is -4.21. The highest BCUT2D eigenvalue weighted by Gasteiger charge is 2.30. The highest BCUT2D eigenvalue weighted by atomic mass is 16.5. The van der Waals surface area contributed by atoms with Crippen molar-refractivity contribution in [3.8, 4) is 11.1 Å². The Morgan fingerprint density at radius 2 is 1.73 bits per heavy atom. The van der Waals surface area contributed by atoms with Crippen LogP contribution >= 0.6 is 0 Å². The predicted octanol–water partition coefficient (Wildman–Crippen LogP) is 2.46. The van der Waals surface area contributed by atoms with Crippen LogP contribution in [0.5, 0.6) is 0 Å². The van der Waals surface area contributed by atoms with Crippen molar-refractivity contribution < 1.29 is 28.8 Å². The molecule has 1 aliphatic rings. The summed E-state index contributed by atoms with van der Waals surface area (Å²) in [6.07, 6.45) is -0.0816. The number of aromatic nitrogens is 2. The highest BCUT2D eigenvalue weighted by molar-refractivity contribution is 5.86. The van der Waals surface area contributed by atoms with Gasteiger partial charge in [0.1, 0.15) is 12.6 Å². The van der Waals surface area contributed by atoms with Crippen molar-refractivity contribution >= 4 is 18.0 Å². The molecule has 0 fully saturated rings. The van der Waals surface area contributed by atoms with Gasteiger partial charge < -0.3 is 25.0 Å². The molecule has 0 spiro atoms. The van der Waals surface area contributed by atoms with Crippen LogP contribution in [0.25, 0.3) is 11.1 Å². The Kier molecular flexibility index (Phi) is 6.63. The summed E-state index contributed by atoms with van der Waals surface area (Å²) in [5.74, 6) is -1.54. The normalized spacial score (nSPS) is 13.0. The molecular formula is C23H22N4O6. The van der Waals surface area contributed by atoms with Crippen molar-refractivity contribution in [2.75, 3.05) is 6.61 Å². The number of amides is 2. The molecule has 1 heterocycles. The zero-order valence-electron chi connectivity index (χ0n) is 17.6. The number of alkyl carbamates (subject to hydrolysis) is 1. The monoisotopic (exact) mass is 450 g/mol. The number of fused-ring (bicyclic) bond motifs is 3. The van der Waals surface area contributed by atoms with Gasteiger partial charge in [0.05, 0.1) is 6.54 Å². The molecule has 1 aromatic heterocycles. The van der Waals surface area contributed by atoms with E-state index in [1.54, 1.807) is 0 Å². The second-order valence-electron chi connectivity index (χ2n) is 7.52. The SMILES string of the molecule is O=C(O)CCC(NC(=O)OCC1c2ccccc2-c2ccccc21)C(=O)NCc1ncon1. The number of carbonyl (C=O) groups excluding carboxylic acids is 2. The molecule has 4 rings (SSSR count). The molecule has 0 bridgehead atoms. The van der Waals surface area contributed by atoms with Gasteiger partial charge in [-0.05, 0) is 28.7 Å². The fourth-order valence-corrected chi connectivity index (χ4v) is 3.88. The van der Waals surface area contributed by atoms with Crippen molar-refractivity contribution in [2.24, 2.45) is 0 Å². The molecule has 0 saturated carbocycles. The number of ether oxygens (including phenoxy) is 1. The lowest BCUT2D eigenvalue weighted by Crippen LogP contribution is -2.47. The van der Waals surface area contributed by atoms with Gasteiger partial charge in [-0.3, -0.25) is 9.59 Å². The molecule has 3 aromatic rings. The van der Waals surface area contributed by atoms with Crippen LogP contribution < -0.4 is 10.6 Å². The maximum atomic E-state index is 12.5. The van der Waals surface area contributed by atoms with E-state index in [2.05, 4.69) is 25.3 Å². The first-order chi connectivity index (χ1) is 16.0. The molecule has 1 aliphatic carbocycles. The lowest BCUT2D eigenvalue weighted by Gasteiger charge is -2.19. The molecular weight excluding hydrogens is 428 g/mol. The van der Waals surface area contributed by atoms with E-state index in [0.717, 1.165) is 28.6 Å². The largest absolute Gasteiger partial charge is 0.481 e. The summed E-state index contributed by atoms with van der Waals surface area (Å²) in [7, 11) is 0. The van der Waals surface area contributed by atoms with E-state index >= 15 is 0 Å². The molecule has 10 heteroatoms. The molecule has 0 radical (unpaired) electrons. The number of carbonyl (C=O) groups is 3. The molecule has 1 atom stereocenters. The summed E-state index contributed by atoms with van der Waals surface area (Å²) >= 11 is 0. The lowest BCUT2D eigenvalue weighted by molar-refractivity contribution is -0.137. The summed E-state index contributed by atoms with van der Waals surface area (Å²) < 4.78 is 10.1. The van der Waals surface area contributed by atoms with Crippen LogP contribution in [-0.4, -0.2) is 45.9 Å². The lowest BCUT2D eigenvalue weighted by atomic mass is 9.98. The fraction of sp³-hybridized carbons (Fsp3) is 0.261. The first-order valence-electron chi connectivity index (χ1n) is 10.4. The number of rotatable bonds is 9. The molecule has 10 nitrogen and oxygen atoms in total. The van der Waals surface area contributed by atoms with E-state index in [-0.39, 0.29) is 37.7 Å². The molecule has 0 saturated heterocycles. The van der Waals surface area contributed by atoms with E-state index in [0.29, 0.717) is 0 Å². The minimum absolute atomic E-state index is 0.0225. The number of hydrogen-bond acceptors (Lipinski definition) is 7. The van der Waals surface area contributed by atoms with E-state index in [4.69, 9.17) is 9.84 Å². The van der Waals surface area contributed by atoms with Gasteiger partial charge in [0.2, 0.25) is 12.3 Å². The highest BCUT2D eigenvalue weighted by Crippen LogP contribution is 2.44. The van der Waals surface area contributed by atoms with Crippen LogP contribution in [0.1, 0.15) is 35.7 Å². The van der Waals surface area contributed by atoms with Crippen LogP contribution in [-0.2, 0) is 20.9 Å². The smallest absolute Gasteiger partial charge is 0.407 e. The topological polar surface area (TPSA) is 144 Å². The van der Waals surface area contributed by atoms with E-state index < -0.39 is 24.0 Å². The minimum atomic E-state index is -1.09. The zero-order chi connectivity index (χ0) is 23.2. The quantitative estimate of drug-likeness (QED) is 0.451. The first-order valence-corrected chi connectivity index (χ1v) is 10.4. The van der Waals surface area contributed by atoms with Crippen LogP contribution in [0.3, 0.4) is 0 Å². The number of nitrogens with one attached hydrogen (secondary N) is 2. The van der Waals surface area contributed by atoms with Crippen LogP contribution in [0.4, 0.5) is 4.79 Å². The van der Waals surface area contributed by atoms with Gasteiger partial charge >= 0.3 is 12.1 Å². The number of carboxylic acid groups (broad SMARTS) is 1. The number of benzene rings is 2. The maximum absolute atomic E-state index is 12.5. The second-order valence-corrected chi connectivity index (χ2v) is 7.52. The number of aliphatic carboxylic acids is 1. The molecule has 0 aliphatic heterocycles. The van der Waals surface area contributed by atoms with Gasteiger partial charge in [0, 0.05) is 12.3 Å². The predicted molar refractivity (Wildman–Crippen MR) is 115 cm³/mol. The van der Waals surface area contributed by atoms with Crippen molar-refractivity contribution in [3.05, 3.63) is 71.9 Å². The van der Waals surface area contributed by atoms with Crippen molar-refractivity contribution in [3.63, 3.8) is 0 Å². The molecule has 2 amide bonds. The maximum Gasteiger partial charge on any atom is 0.407 e. The van der Waals surface area contributed by atoms with Crippen molar-refractivity contribution in [1.82, 2.24) is 20.8 Å². The minimum Gasteiger partial charge on any atom is -0.481 e. The average Bonchev–Trinajstić information content (AvgIpc) is 3.45. The molecule has 2 aromatic carbocycles. The number of hydrogen-bond donors (Lipinski definition) is 3. The summed E-state index contributed by atoms with van der Waals surface area (Å²) in [6, 6.07) is 14.8. The van der Waals surface area contributed by atoms with Crippen LogP contribution in [0, 0.1) is 0 Å².